The molecule has 1 N–H and O–H groups in total. The second kappa shape index (κ2) is 6.25. The van der Waals surface area contributed by atoms with Crippen LogP contribution in [0.5, 0.6) is 5.75 Å². The van der Waals surface area contributed by atoms with Crippen LogP contribution in [0.4, 0.5) is 0 Å². The van der Waals surface area contributed by atoms with Gasteiger partial charge in [0.15, 0.2) is 5.76 Å². The normalized spacial score (nSPS) is 18.0. The topological polar surface area (TPSA) is 64.7 Å². The maximum atomic E-state index is 9.40. The van der Waals surface area contributed by atoms with Gasteiger partial charge in [-0.2, -0.15) is 0 Å². The van der Waals surface area contributed by atoms with E-state index < -0.39 is 0 Å². The number of oxazole rings is 1. The summed E-state index contributed by atoms with van der Waals surface area (Å²) < 4.78 is 18.0. The summed E-state index contributed by atoms with van der Waals surface area (Å²) in [7, 11) is -0.388. The first kappa shape index (κ1) is 17.8. The first-order valence-corrected chi connectivity index (χ1v) is 8.96. The Labute approximate surface area is 159 Å². The van der Waals surface area contributed by atoms with Crippen LogP contribution >= 0.6 is 0 Å². The van der Waals surface area contributed by atoms with Crippen LogP contribution < -0.4 is 5.46 Å². The highest BCUT2D eigenvalue weighted by atomic mass is 16.7. The van der Waals surface area contributed by atoms with Crippen LogP contribution in [0.2, 0.25) is 0 Å². The molecule has 1 aliphatic heterocycles. The van der Waals surface area contributed by atoms with E-state index >= 15 is 0 Å². The molecule has 4 rings (SSSR count). The van der Waals surface area contributed by atoms with Crippen LogP contribution in [0, 0.1) is 0 Å². The number of benzene rings is 2. The molecule has 1 fully saturated rings. The Morgan fingerprint density at radius 1 is 0.815 bits per heavy atom. The van der Waals surface area contributed by atoms with E-state index in [1.165, 1.54) is 0 Å². The molecule has 3 aromatic rings. The fourth-order valence-corrected chi connectivity index (χ4v) is 2.93. The molecule has 0 aliphatic carbocycles. The fourth-order valence-electron chi connectivity index (χ4n) is 2.93. The van der Waals surface area contributed by atoms with Crippen molar-refractivity contribution in [3.63, 3.8) is 0 Å². The smallest absolute Gasteiger partial charge is 0.494 e. The molecule has 5 nitrogen and oxygen atoms in total. The number of rotatable bonds is 3. The summed E-state index contributed by atoms with van der Waals surface area (Å²) in [4.78, 5) is 4.37. The van der Waals surface area contributed by atoms with Gasteiger partial charge in [-0.1, -0.05) is 12.1 Å². The van der Waals surface area contributed by atoms with Crippen molar-refractivity contribution in [2.45, 2.75) is 38.9 Å². The number of hydrogen-bond donors (Lipinski definition) is 1. The van der Waals surface area contributed by atoms with Crippen LogP contribution in [0.1, 0.15) is 27.7 Å². The molecule has 0 spiro atoms. The van der Waals surface area contributed by atoms with Gasteiger partial charge in [0, 0.05) is 11.1 Å². The number of aromatic nitrogens is 1. The van der Waals surface area contributed by atoms with E-state index in [4.69, 9.17) is 13.7 Å². The highest BCUT2D eigenvalue weighted by Gasteiger charge is 2.51. The Balaban J connectivity index is 1.54. The number of phenolic OH excluding ortho intramolecular Hbond substituents is 1. The molecule has 1 aliphatic rings. The molecule has 27 heavy (non-hydrogen) atoms. The van der Waals surface area contributed by atoms with Crippen molar-refractivity contribution in [3.05, 3.63) is 54.7 Å². The van der Waals surface area contributed by atoms with E-state index in [0.29, 0.717) is 11.7 Å². The van der Waals surface area contributed by atoms with Gasteiger partial charge in [0.25, 0.3) is 0 Å². The Bertz CT molecular complexity index is 929. The third kappa shape index (κ3) is 3.26. The van der Waals surface area contributed by atoms with Gasteiger partial charge in [0.1, 0.15) is 5.75 Å². The zero-order valence-corrected chi connectivity index (χ0v) is 15.9. The molecular formula is C21H22BNO4. The van der Waals surface area contributed by atoms with E-state index in [0.717, 1.165) is 16.6 Å². The molecule has 0 unspecified atom stereocenters. The van der Waals surface area contributed by atoms with Gasteiger partial charge in [-0.05, 0) is 69.6 Å². The van der Waals surface area contributed by atoms with E-state index in [-0.39, 0.29) is 24.1 Å². The minimum atomic E-state index is -0.388. The van der Waals surface area contributed by atoms with Crippen LogP contribution in [0.15, 0.2) is 59.1 Å². The molecule has 0 amide bonds. The Kier molecular flexibility index (Phi) is 4.13. The van der Waals surface area contributed by atoms with E-state index in [9.17, 15) is 5.11 Å². The monoisotopic (exact) mass is 363 g/mol. The Morgan fingerprint density at radius 2 is 1.37 bits per heavy atom. The molecule has 1 saturated heterocycles. The van der Waals surface area contributed by atoms with Crippen molar-refractivity contribution >= 4 is 12.6 Å². The number of phenols is 1. The summed E-state index contributed by atoms with van der Waals surface area (Å²) in [6.07, 6.45) is 1.68. The number of hydrogen-bond acceptors (Lipinski definition) is 5. The molecular weight excluding hydrogens is 341 g/mol. The summed E-state index contributed by atoms with van der Waals surface area (Å²) >= 11 is 0. The predicted octanol–water partition coefficient (Wildman–Crippen LogP) is 4.01. The highest BCUT2D eigenvalue weighted by Crippen LogP contribution is 2.36. The lowest BCUT2D eigenvalue weighted by molar-refractivity contribution is 0.00578. The van der Waals surface area contributed by atoms with Crippen LogP contribution in [0.3, 0.4) is 0 Å². The molecule has 0 radical (unpaired) electrons. The number of nitrogens with zero attached hydrogens (tertiary/aromatic N) is 1. The lowest BCUT2D eigenvalue weighted by Gasteiger charge is -2.32. The average molecular weight is 363 g/mol. The van der Waals surface area contributed by atoms with Gasteiger partial charge in [-0.15, -0.1) is 0 Å². The first-order chi connectivity index (χ1) is 12.7. The predicted molar refractivity (Wildman–Crippen MR) is 105 cm³/mol. The average Bonchev–Trinajstić information content (AvgIpc) is 3.19. The van der Waals surface area contributed by atoms with Gasteiger partial charge in [0.2, 0.25) is 5.89 Å². The molecule has 0 atom stereocenters. The third-order valence-electron chi connectivity index (χ3n) is 5.34. The lowest BCUT2D eigenvalue weighted by Crippen LogP contribution is -2.41. The minimum absolute atomic E-state index is 0.219. The second-order valence-corrected chi connectivity index (χ2v) is 7.79. The molecule has 1 aromatic heterocycles. The standard InChI is InChI=1S/C21H22BNO4/c1-20(2)21(3,4)27-22(26-20)16-9-5-15(6-10-16)19-23-13-18(25-19)14-7-11-17(24)12-8-14/h5-13,24H,1-4H3. The van der Waals surface area contributed by atoms with Gasteiger partial charge < -0.3 is 18.8 Å². The van der Waals surface area contributed by atoms with Gasteiger partial charge in [-0.3, -0.25) is 0 Å². The van der Waals surface area contributed by atoms with Crippen molar-refractivity contribution in [3.8, 4) is 28.5 Å². The highest BCUT2D eigenvalue weighted by molar-refractivity contribution is 6.62. The molecule has 0 bridgehead atoms. The number of aromatic hydroxyl groups is 1. The van der Waals surface area contributed by atoms with Crippen molar-refractivity contribution in [1.29, 1.82) is 0 Å². The SMILES string of the molecule is CC1(C)OB(c2ccc(-c3ncc(-c4ccc(O)cc4)o3)cc2)OC1(C)C. The summed E-state index contributed by atoms with van der Waals surface area (Å²) in [5, 5.41) is 9.40. The van der Waals surface area contributed by atoms with Gasteiger partial charge in [-0.25, -0.2) is 4.98 Å². The maximum absolute atomic E-state index is 9.40. The lowest BCUT2D eigenvalue weighted by atomic mass is 9.79. The molecule has 0 saturated carbocycles. The fraction of sp³-hybridized carbons (Fsp3) is 0.286. The molecule has 2 heterocycles. The quantitative estimate of drug-likeness (QED) is 0.713. The van der Waals surface area contributed by atoms with Crippen molar-refractivity contribution in [2.24, 2.45) is 0 Å². The summed E-state index contributed by atoms with van der Waals surface area (Å²) in [5.41, 5.74) is 1.97. The largest absolute Gasteiger partial charge is 0.508 e. The Hall–Kier alpha value is -2.57. The maximum Gasteiger partial charge on any atom is 0.494 e. The van der Waals surface area contributed by atoms with E-state index in [1.807, 2.05) is 52.0 Å². The molecule has 2 aromatic carbocycles. The third-order valence-corrected chi connectivity index (χ3v) is 5.34. The van der Waals surface area contributed by atoms with E-state index in [1.54, 1.807) is 30.5 Å². The molecule has 138 valence electrons. The minimum Gasteiger partial charge on any atom is -0.508 e. The van der Waals surface area contributed by atoms with Crippen LogP contribution in [-0.2, 0) is 9.31 Å². The van der Waals surface area contributed by atoms with Crippen molar-refractivity contribution < 1.29 is 18.8 Å². The Morgan fingerprint density at radius 3 is 1.96 bits per heavy atom. The second-order valence-electron chi connectivity index (χ2n) is 7.79. The summed E-state index contributed by atoms with van der Waals surface area (Å²) in [6.45, 7) is 8.16. The van der Waals surface area contributed by atoms with Crippen LogP contribution in [-0.4, -0.2) is 28.4 Å². The summed E-state index contributed by atoms with van der Waals surface area (Å²) in [5.74, 6) is 1.41. The zero-order valence-electron chi connectivity index (χ0n) is 15.9. The first-order valence-electron chi connectivity index (χ1n) is 8.96. The summed E-state index contributed by atoms with van der Waals surface area (Å²) in [6, 6.07) is 14.7. The zero-order chi connectivity index (χ0) is 19.2. The van der Waals surface area contributed by atoms with E-state index in [2.05, 4.69) is 4.98 Å². The van der Waals surface area contributed by atoms with Crippen molar-refractivity contribution in [1.82, 2.24) is 4.98 Å². The van der Waals surface area contributed by atoms with Crippen molar-refractivity contribution in [2.75, 3.05) is 0 Å². The molecule has 6 heteroatoms. The van der Waals surface area contributed by atoms with Gasteiger partial charge >= 0.3 is 7.12 Å². The van der Waals surface area contributed by atoms with Crippen LogP contribution in [0.25, 0.3) is 22.8 Å². The van der Waals surface area contributed by atoms with Gasteiger partial charge in [0.05, 0.1) is 17.4 Å².